The minimum atomic E-state index is -0.855. The fraction of sp³-hybridized carbons (Fsp3) is 0.200. The fourth-order valence-electron chi connectivity index (χ4n) is 1.76. The van der Waals surface area contributed by atoms with Crippen LogP contribution in [0.2, 0.25) is 10.0 Å². The van der Waals surface area contributed by atoms with Crippen LogP contribution < -0.4 is 4.74 Å². The maximum absolute atomic E-state index is 13.7. The van der Waals surface area contributed by atoms with Gasteiger partial charge in [-0.3, -0.25) is 0 Å². The van der Waals surface area contributed by atoms with Crippen LogP contribution in [0.15, 0.2) is 36.4 Å². The van der Waals surface area contributed by atoms with Crippen molar-refractivity contribution in [2.45, 2.75) is 19.6 Å². The molecule has 20 heavy (non-hydrogen) atoms. The molecule has 0 aromatic heterocycles. The first-order valence-electron chi connectivity index (χ1n) is 6.02. The summed E-state index contributed by atoms with van der Waals surface area (Å²) < 4.78 is 19.2. The lowest BCUT2D eigenvalue weighted by Gasteiger charge is -2.11. The van der Waals surface area contributed by atoms with Crippen molar-refractivity contribution in [3.63, 3.8) is 0 Å². The van der Waals surface area contributed by atoms with E-state index in [0.717, 1.165) is 5.56 Å². The molecule has 0 unspecified atom stereocenters. The Morgan fingerprint density at radius 3 is 2.65 bits per heavy atom. The summed E-state index contributed by atoms with van der Waals surface area (Å²) in [6.07, 6.45) is -0.855. The molecule has 0 aliphatic rings. The Kier molecular flexibility index (Phi) is 4.86. The lowest BCUT2D eigenvalue weighted by molar-refractivity contribution is 0.194. The minimum absolute atomic E-state index is 0.187. The second-order valence-corrected chi connectivity index (χ2v) is 5.15. The molecule has 0 bridgehead atoms. The largest absolute Gasteiger partial charge is 0.489 e. The van der Waals surface area contributed by atoms with Crippen LogP contribution >= 0.6 is 23.2 Å². The average molecular weight is 315 g/mol. The van der Waals surface area contributed by atoms with Crippen molar-refractivity contribution >= 4 is 23.2 Å². The van der Waals surface area contributed by atoms with Crippen molar-refractivity contribution in [3.05, 3.63) is 63.4 Å². The first-order valence-corrected chi connectivity index (χ1v) is 6.78. The first-order chi connectivity index (χ1) is 9.49. The maximum Gasteiger partial charge on any atom is 0.132 e. The molecule has 5 heteroatoms. The molecule has 0 aliphatic carbocycles. The van der Waals surface area contributed by atoms with E-state index >= 15 is 0 Å². The van der Waals surface area contributed by atoms with Crippen LogP contribution in [-0.2, 0) is 6.61 Å². The van der Waals surface area contributed by atoms with Gasteiger partial charge in [-0.1, -0.05) is 35.3 Å². The van der Waals surface area contributed by atoms with Crippen molar-refractivity contribution < 1.29 is 14.2 Å². The Balaban J connectivity index is 2.11. The van der Waals surface area contributed by atoms with Crippen LogP contribution in [-0.4, -0.2) is 5.11 Å². The first kappa shape index (κ1) is 15.1. The summed E-state index contributed by atoms with van der Waals surface area (Å²) in [5.74, 6) is -0.141. The highest BCUT2D eigenvalue weighted by Crippen LogP contribution is 2.27. The van der Waals surface area contributed by atoms with Gasteiger partial charge in [-0.25, -0.2) is 4.39 Å². The third kappa shape index (κ3) is 3.42. The number of aliphatic hydroxyl groups is 1. The molecule has 1 atom stereocenters. The van der Waals surface area contributed by atoms with Gasteiger partial charge in [0.1, 0.15) is 18.2 Å². The molecule has 2 rings (SSSR count). The van der Waals surface area contributed by atoms with E-state index in [-0.39, 0.29) is 12.2 Å². The predicted octanol–water partition coefficient (Wildman–Crippen LogP) is 4.76. The highest BCUT2D eigenvalue weighted by molar-refractivity contribution is 6.42. The molecular weight excluding hydrogens is 302 g/mol. The van der Waals surface area contributed by atoms with Crippen LogP contribution in [0.5, 0.6) is 5.75 Å². The van der Waals surface area contributed by atoms with Crippen molar-refractivity contribution in [2.24, 2.45) is 0 Å². The topological polar surface area (TPSA) is 29.5 Å². The van der Waals surface area contributed by atoms with Gasteiger partial charge in [-0.05, 0) is 25.1 Å². The Morgan fingerprint density at radius 1 is 1.25 bits per heavy atom. The maximum atomic E-state index is 13.7. The van der Waals surface area contributed by atoms with Gasteiger partial charge in [0.05, 0.1) is 16.1 Å². The van der Waals surface area contributed by atoms with E-state index < -0.39 is 11.9 Å². The van der Waals surface area contributed by atoms with Crippen molar-refractivity contribution in [2.75, 3.05) is 0 Å². The van der Waals surface area contributed by atoms with Crippen LogP contribution in [0.25, 0.3) is 0 Å². The van der Waals surface area contributed by atoms with Crippen LogP contribution in [0, 0.1) is 5.82 Å². The van der Waals surface area contributed by atoms with Gasteiger partial charge >= 0.3 is 0 Å². The van der Waals surface area contributed by atoms with Crippen LogP contribution in [0.3, 0.4) is 0 Å². The molecule has 106 valence electrons. The third-order valence-corrected chi connectivity index (χ3v) is 3.71. The van der Waals surface area contributed by atoms with E-state index in [1.807, 2.05) is 0 Å². The van der Waals surface area contributed by atoms with Crippen molar-refractivity contribution in [1.82, 2.24) is 0 Å². The summed E-state index contributed by atoms with van der Waals surface area (Å²) in [4.78, 5) is 0. The summed E-state index contributed by atoms with van der Waals surface area (Å²) >= 11 is 11.9. The zero-order chi connectivity index (χ0) is 14.7. The molecule has 0 heterocycles. The van der Waals surface area contributed by atoms with E-state index in [1.54, 1.807) is 24.3 Å². The fourth-order valence-corrected chi connectivity index (χ4v) is 2.13. The molecule has 0 saturated heterocycles. The second-order valence-electron chi connectivity index (χ2n) is 4.36. The van der Waals surface area contributed by atoms with Crippen LogP contribution in [0.1, 0.15) is 24.2 Å². The number of rotatable bonds is 4. The SMILES string of the molecule is C[C@H](O)c1ccc(OCc2cccc(Cl)c2Cl)cc1F. The Bertz CT molecular complexity index is 615. The minimum Gasteiger partial charge on any atom is -0.489 e. The van der Waals surface area contributed by atoms with Gasteiger partial charge in [0.25, 0.3) is 0 Å². The molecule has 2 aromatic carbocycles. The molecule has 0 aliphatic heterocycles. The lowest BCUT2D eigenvalue weighted by Crippen LogP contribution is -1.99. The number of halogens is 3. The van der Waals surface area contributed by atoms with Gasteiger partial charge in [0.2, 0.25) is 0 Å². The van der Waals surface area contributed by atoms with E-state index in [2.05, 4.69) is 0 Å². The van der Waals surface area contributed by atoms with Gasteiger partial charge in [-0.2, -0.15) is 0 Å². The Morgan fingerprint density at radius 2 is 2.00 bits per heavy atom. The van der Waals surface area contributed by atoms with E-state index in [9.17, 15) is 9.50 Å². The molecule has 0 radical (unpaired) electrons. The second kappa shape index (κ2) is 6.44. The zero-order valence-corrected chi connectivity index (χ0v) is 12.2. The van der Waals surface area contributed by atoms with E-state index in [4.69, 9.17) is 27.9 Å². The van der Waals surface area contributed by atoms with E-state index in [1.165, 1.54) is 19.1 Å². The molecule has 0 fully saturated rings. The van der Waals surface area contributed by atoms with Gasteiger partial charge < -0.3 is 9.84 Å². The number of ether oxygens (including phenoxy) is 1. The number of benzene rings is 2. The molecular formula is C15H13Cl2FO2. The molecule has 2 aromatic rings. The molecule has 2 nitrogen and oxygen atoms in total. The van der Waals surface area contributed by atoms with E-state index in [0.29, 0.717) is 15.8 Å². The molecule has 0 saturated carbocycles. The summed E-state index contributed by atoms with van der Waals surface area (Å²) in [6, 6.07) is 9.57. The van der Waals surface area contributed by atoms with Crippen molar-refractivity contribution in [1.29, 1.82) is 0 Å². The average Bonchev–Trinajstić information content (AvgIpc) is 2.40. The summed E-state index contributed by atoms with van der Waals surface area (Å²) in [5.41, 5.74) is 0.956. The Labute approximate surface area is 126 Å². The molecule has 0 spiro atoms. The quantitative estimate of drug-likeness (QED) is 0.881. The molecule has 1 N–H and O–H groups in total. The number of aliphatic hydroxyl groups excluding tert-OH is 1. The summed E-state index contributed by atoms with van der Waals surface area (Å²) in [5, 5.41) is 10.2. The highest BCUT2D eigenvalue weighted by Gasteiger charge is 2.10. The number of hydrogen-bond acceptors (Lipinski definition) is 2. The molecule has 0 amide bonds. The van der Waals surface area contributed by atoms with Crippen molar-refractivity contribution in [3.8, 4) is 5.75 Å². The smallest absolute Gasteiger partial charge is 0.132 e. The summed E-state index contributed by atoms with van der Waals surface area (Å²) in [6.45, 7) is 1.69. The zero-order valence-electron chi connectivity index (χ0n) is 10.7. The van der Waals surface area contributed by atoms with Gasteiger partial charge in [-0.15, -0.1) is 0 Å². The lowest BCUT2D eigenvalue weighted by atomic mass is 10.1. The van der Waals surface area contributed by atoms with Crippen LogP contribution in [0.4, 0.5) is 4.39 Å². The van der Waals surface area contributed by atoms with Gasteiger partial charge in [0, 0.05) is 17.2 Å². The third-order valence-electron chi connectivity index (χ3n) is 2.85. The number of hydrogen-bond donors (Lipinski definition) is 1. The predicted molar refractivity (Wildman–Crippen MR) is 77.8 cm³/mol. The monoisotopic (exact) mass is 314 g/mol. The highest BCUT2D eigenvalue weighted by atomic mass is 35.5. The Hall–Kier alpha value is -1.29. The van der Waals surface area contributed by atoms with Gasteiger partial charge in [0.15, 0.2) is 0 Å². The normalized spacial score (nSPS) is 12.2. The standard InChI is InChI=1S/C15H13Cl2FO2/c1-9(19)12-6-5-11(7-14(12)18)20-8-10-3-2-4-13(16)15(10)17/h2-7,9,19H,8H2,1H3/t9-/m0/s1. The summed E-state index contributed by atoms with van der Waals surface area (Å²) in [7, 11) is 0.